The first-order valence-electron chi connectivity index (χ1n) is 7.37. The third-order valence-electron chi connectivity index (χ3n) is 3.18. The first-order valence-corrected chi connectivity index (χ1v) is 8.63. The Morgan fingerprint density at radius 3 is 2.92 bits per heavy atom. The van der Waals surface area contributed by atoms with E-state index in [2.05, 4.69) is 20.6 Å². The van der Waals surface area contributed by atoms with Gasteiger partial charge >= 0.3 is 6.03 Å². The zero-order valence-electron chi connectivity index (χ0n) is 12.7. The molecule has 0 saturated carbocycles. The van der Waals surface area contributed by atoms with Gasteiger partial charge in [-0.3, -0.25) is 4.98 Å². The van der Waals surface area contributed by atoms with Crippen LogP contribution in [0, 0.1) is 0 Å². The summed E-state index contributed by atoms with van der Waals surface area (Å²) in [5, 5.41) is 8.99. The highest BCUT2D eigenvalue weighted by atomic mass is 35.5. The molecule has 0 saturated heterocycles. The number of nitrogens with one attached hydrogen (secondary N) is 2. The van der Waals surface area contributed by atoms with Crippen LogP contribution in [0.5, 0.6) is 0 Å². The Hall–Kier alpha value is -2.44. The monoisotopic (exact) mass is 358 g/mol. The molecule has 0 aliphatic rings. The lowest BCUT2D eigenvalue weighted by Crippen LogP contribution is -2.30. The minimum atomic E-state index is -0.266. The summed E-state index contributed by atoms with van der Waals surface area (Å²) in [7, 11) is 0. The summed E-state index contributed by atoms with van der Waals surface area (Å²) in [6, 6.07) is 12.5. The molecule has 0 atom stereocenters. The minimum Gasteiger partial charge on any atom is -0.337 e. The number of amides is 2. The highest BCUT2D eigenvalue weighted by Gasteiger charge is 2.06. The van der Waals surface area contributed by atoms with Crippen LogP contribution >= 0.6 is 22.9 Å². The number of halogens is 1. The quantitative estimate of drug-likeness (QED) is 0.717. The van der Waals surface area contributed by atoms with Gasteiger partial charge in [0, 0.05) is 35.3 Å². The molecule has 0 spiro atoms. The molecule has 2 amide bonds. The third kappa shape index (κ3) is 4.53. The maximum Gasteiger partial charge on any atom is 0.319 e. The average Bonchev–Trinajstić information content (AvgIpc) is 3.04. The summed E-state index contributed by atoms with van der Waals surface area (Å²) in [5.41, 5.74) is 2.45. The Labute approximate surface area is 148 Å². The molecule has 3 aromatic rings. The number of aromatic nitrogens is 2. The molecular formula is C17H15ClN4OS. The van der Waals surface area contributed by atoms with Crippen molar-refractivity contribution in [3.05, 3.63) is 64.8 Å². The fourth-order valence-corrected chi connectivity index (χ4v) is 3.09. The van der Waals surface area contributed by atoms with Gasteiger partial charge in [0.25, 0.3) is 0 Å². The first-order chi connectivity index (χ1) is 11.7. The number of carbonyl (C=O) groups excluding carboxylic acids is 1. The van der Waals surface area contributed by atoms with Gasteiger partial charge in [-0.2, -0.15) is 0 Å². The predicted octanol–water partition coefficient (Wildman–Crippen LogP) is 4.22. The Bertz CT molecular complexity index is 822. The molecule has 0 aliphatic heterocycles. The fourth-order valence-electron chi connectivity index (χ4n) is 2.07. The van der Waals surface area contributed by atoms with E-state index in [4.69, 9.17) is 11.6 Å². The molecule has 3 rings (SSSR count). The van der Waals surface area contributed by atoms with Crippen molar-refractivity contribution in [1.29, 1.82) is 0 Å². The summed E-state index contributed by atoms with van der Waals surface area (Å²) >= 11 is 7.43. The van der Waals surface area contributed by atoms with Crippen molar-refractivity contribution in [2.24, 2.45) is 0 Å². The van der Waals surface area contributed by atoms with Crippen molar-refractivity contribution in [2.45, 2.75) is 6.42 Å². The zero-order chi connectivity index (χ0) is 16.8. The van der Waals surface area contributed by atoms with Crippen LogP contribution in [0.15, 0.2) is 54.0 Å². The highest BCUT2D eigenvalue weighted by Crippen LogP contribution is 2.21. The molecule has 0 radical (unpaired) electrons. The average molecular weight is 359 g/mol. The summed E-state index contributed by atoms with van der Waals surface area (Å²) in [5.74, 6) is 0. The molecule has 1 aromatic carbocycles. The minimum absolute atomic E-state index is 0.266. The van der Waals surface area contributed by atoms with E-state index in [1.807, 2.05) is 23.6 Å². The van der Waals surface area contributed by atoms with E-state index in [0.717, 1.165) is 16.4 Å². The lowest BCUT2D eigenvalue weighted by Gasteiger charge is -2.07. The van der Waals surface area contributed by atoms with Crippen molar-refractivity contribution in [3.8, 4) is 10.7 Å². The molecule has 2 heterocycles. The second kappa shape index (κ2) is 7.90. The number of benzene rings is 1. The normalized spacial score (nSPS) is 10.4. The van der Waals surface area contributed by atoms with E-state index < -0.39 is 0 Å². The molecular weight excluding hydrogens is 344 g/mol. The third-order valence-corrected chi connectivity index (χ3v) is 4.33. The largest absolute Gasteiger partial charge is 0.337 e. The second-order valence-corrected chi connectivity index (χ2v) is 6.29. The molecule has 122 valence electrons. The second-order valence-electron chi connectivity index (χ2n) is 5.00. The number of thiazole rings is 1. The molecule has 2 N–H and O–H groups in total. The van der Waals surface area contributed by atoms with E-state index in [1.165, 1.54) is 0 Å². The van der Waals surface area contributed by atoms with Crippen LogP contribution in [0.25, 0.3) is 10.7 Å². The number of hydrogen-bond acceptors (Lipinski definition) is 4. The molecule has 0 aliphatic carbocycles. The van der Waals surface area contributed by atoms with Gasteiger partial charge in [-0.15, -0.1) is 11.3 Å². The Balaban J connectivity index is 1.48. The maximum absolute atomic E-state index is 11.8. The van der Waals surface area contributed by atoms with Gasteiger partial charge in [0.05, 0.1) is 11.4 Å². The van der Waals surface area contributed by atoms with Crippen LogP contribution < -0.4 is 10.6 Å². The van der Waals surface area contributed by atoms with Crippen LogP contribution in [-0.4, -0.2) is 22.5 Å². The molecule has 0 unspecified atom stereocenters. The molecule has 5 nitrogen and oxygen atoms in total. The Morgan fingerprint density at radius 2 is 2.12 bits per heavy atom. The summed E-state index contributed by atoms with van der Waals surface area (Å²) in [6.07, 6.45) is 2.41. The smallest absolute Gasteiger partial charge is 0.319 e. The van der Waals surface area contributed by atoms with Gasteiger partial charge in [-0.25, -0.2) is 9.78 Å². The van der Waals surface area contributed by atoms with Gasteiger partial charge in [0.2, 0.25) is 0 Å². The van der Waals surface area contributed by atoms with E-state index in [9.17, 15) is 4.79 Å². The lowest BCUT2D eigenvalue weighted by atomic mass is 10.3. The number of pyridine rings is 1. The van der Waals surface area contributed by atoms with Gasteiger partial charge in [-0.1, -0.05) is 23.7 Å². The zero-order valence-corrected chi connectivity index (χ0v) is 14.3. The van der Waals surface area contributed by atoms with Gasteiger partial charge in [0.1, 0.15) is 5.01 Å². The lowest BCUT2D eigenvalue weighted by molar-refractivity contribution is 0.252. The highest BCUT2D eigenvalue weighted by molar-refractivity contribution is 7.13. The number of nitrogens with zero attached hydrogens (tertiary/aromatic N) is 2. The van der Waals surface area contributed by atoms with E-state index in [0.29, 0.717) is 23.7 Å². The van der Waals surface area contributed by atoms with Crippen LogP contribution in [0.4, 0.5) is 10.5 Å². The predicted molar refractivity (Wildman–Crippen MR) is 97.5 cm³/mol. The molecule has 7 heteroatoms. The van der Waals surface area contributed by atoms with Crippen molar-refractivity contribution >= 4 is 34.7 Å². The van der Waals surface area contributed by atoms with Crippen molar-refractivity contribution in [3.63, 3.8) is 0 Å². The van der Waals surface area contributed by atoms with Crippen LogP contribution in [0.1, 0.15) is 5.69 Å². The summed E-state index contributed by atoms with van der Waals surface area (Å²) < 4.78 is 0. The topological polar surface area (TPSA) is 66.9 Å². The standard InChI is InChI=1S/C17H15ClN4OS/c18-12-4-3-5-13(10-12)22-17(23)20-9-7-14-11-24-16(21-14)15-6-1-2-8-19-15/h1-6,8,10-11H,7,9H2,(H2,20,22,23). The number of rotatable bonds is 5. The summed E-state index contributed by atoms with van der Waals surface area (Å²) in [4.78, 5) is 20.7. The summed E-state index contributed by atoms with van der Waals surface area (Å²) in [6.45, 7) is 0.498. The number of hydrogen-bond donors (Lipinski definition) is 2. The fraction of sp³-hybridized carbons (Fsp3) is 0.118. The maximum atomic E-state index is 11.8. The van der Waals surface area contributed by atoms with Crippen LogP contribution in [-0.2, 0) is 6.42 Å². The van der Waals surface area contributed by atoms with E-state index >= 15 is 0 Å². The molecule has 24 heavy (non-hydrogen) atoms. The molecule has 2 aromatic heterocycles. The Kier molecular flexibility index (Phi) is 5.40. The van der Waals surface area contributed by atoms with Crippen molar-refractivity contribution in [2.75, 3.05) is 11.9 Å². The van der Waals surface area contributed by atoms with E-state index in [1.54, 1.807) is 41.8 Å². The Morgan fingerprint density at radius 1 is 1.21 bits per heavy atom. The number of carbonyl (C=O) groups is 1. The van der Waals surface area contributed by atoms with Crippen molar-refractivity contribution < 1.29 is 4.79 Å². The first kappa shape index (κ1) is 16.4. The molecule has 0 fully saturated rings. The van der Waals surface area contributed by atoms with Gasteiger partial charge in [-0.05, 0) is 30.3 Å². The van der Waals surface area contributed by atoms with Crippen LogP contribution in [0.2, 0.25) is 5.02 Å². The van der Waals surface area contributed by atoms with E-state index in [-0.39, 0.29) is 6.03 Å². The van der Waals surface area contributed by atoms with Gasteiger partial charge < -0.3 is 10.6 Å². The number of anilines is 1. The van der Waals surface area contributed by atoms with Crippen molar-refractivity contribution in [1.82, 2.24) is 15.3 Å². The van der Waals surface area contributed by atoms with Gasteiger partial charge in [0.15, 0.2) is 0 Å². The SMILES string of the molecule is O=C(NCCc1csc(-c2ccccn2)n1)Nc1cccc(Cl)c1. The number of urea groups is 1. The molecule has 0 bridgehead atoms. The van der Waals surface area contributed by atoms with Crippen LogP contribution in [0.3, 0.4) is 0 Å².